The molecule has 0 spiro atoms. The van der Waals surface area contributed by atoms with Gasteiger partial charge in [-0.3, -0.25) is 4.79 Å². The van der Waals surface area contributed by atoms with Gasteiger partial charge in [-0.05, 0) is 25.1 Å². The second-order valence-corrected chi connectivity index (χ2v) is 7.60. The van der Waals surface area contributed by atoms with Gasteiger partial charge in [-0.15, -0.1) is 0 Å². The first-order valence-electron chi connectivity index (χ1n) is 10.6. The number of allylic oxidation sites excluding steroid dienone is 2. The largest absolute Gasteiger partial charge is 0.462 e. The van der Waals surface area contributed by atoms with Crippen LogP contribution in [-0.2, 0) is 19.1 Å². The number of hydrogen-bond donors (Lipinski definition) is 1. The summed E-state index contributed by atoms with van der Waals surface area (Å²) in [5, 5.41) is 2.89. The van der Waals surface area contributed by atoms with Crippen molar-refractivity contribution in [2.75, 3.05) is 63.4 Å². The normalized spacial score (nSPS) is 20.3. The van der Waals surface area contributed by atoms with E-state index < -0.39 is 17.6 Å². The van der Waals surface area contributed by atoms with Gasteiger partial charge in [0.2, 0.25) is 5.78 Å². The molecule has 0 atom stereocenters. The van der Waals surface area contributed by atoms with Gasteiger partial charge < -0.3 is 29.5 Å². The van der Waals surface area contributed by atoms with Gasteiger partial charge in [0, 0.05) is 32.8 Å². The summed E-state index contributed by atoms with van der Waals surface area (Å²) in [5.74, 6) is -1.06. The summed E-state index contributed by atoms with van der Waals surface area (Å²) in [4.78, 5) is 31.7. The number of morpholine rings is 1. The van der Waals surface area contributed by atoms with Crippen LogP contribution in [0.15, 0.2) is 59.0 Å². The summed E-state index contributed by atoms with van der Waals surface area (Å²) in [6.07, 6.45) is 1.22. The van der Waals surface area contributed by atoms with E-state index in [0.717, 1.165) is 11.4 Å². The van der Waals surface area contributed by atoms with Crippen molar-refractivity contribution in [3.63, 3.8) is 0 Å². The number of rotatable bonds is 5. The number of ketones is 1. The van der Waals surface area contributed by atoms with Crippen molar-refractivity contribution >= 4 is 23.1 Å². The molecule has 8 nitrogen and oxygen atoms in total. The summed E-state index contributed by atoms with van der Waals surface area (Å²) in [6, 6.07) is 7.60. The predicted molar refractivity (Wildman–Crippen MR) is 119 cm³/mol. The van der Waals surface area contributed by atoms with Crippen molar-refractivity contribution in [2.24, 2.45) is 0 Å². The molecule has 0 aromatic heterocycles. The zero-order valence-electron chi connectivity index (χ0n) is 18.5. The molecule has 1 aromatic carbocycles. The van der Waals surface area contributed by atoms with Crippen LogP contribution in [0.25, 0.3) is 0 Å². The Morgan fingerprint density at radius 3 is 2.59 bits per heavy atom. The van der Waals surface area contributed by atoms with E-state index in [9.17, 15) is 9.59 Å². The van der Waals surface area contributed by atoms with Crippen LogP contribution in [0.5, 0.6) is 0 Å². The molecular weight excluding hydrogens is 415 g/mol. The topological polar surface area (TPSA) is 74.3 Å². The molecule has 3 aliphatic heterocycles. The summed E-state index contributed by atoms with van der Waals surface area (Å²) >= 11 is 0. The Balaban J connectivity index is 1.79. The maximum absolute atomic E-state index is 15.3. The molecule has 0 unspecified atom stereocenters. The van der Waals surface area contributed by atoms with Crippen LogP contribution in [0.2, 0.25) is 0 Å². The van der Waals surface area contributed by atoms with E-state index in [0.29, 0.717) is 37.9 Å². The average molecular weight is 442 g/mol. The van der Waals surface area contributed by atoms with Crippen LogP contribution in [0.1, 0.15) is 6.92 Å². The van der Waals surface area contributed by atoms with Gasteiger partial charge >= 0.3 is 5.97 Å². The van der Waals surface area contributed by atoms with Crippen LogP contribution in [0, 0.1) is 0 Å². The number of hydrogen-bond acceptors (Lipinski definition) is 8. The molecule has 0 bridgehead atoms. The highest BCUT2D eigenvalue weighted by molar-refractivity contribution is 6.27. The van der Waals surface area contributed by atoms with E-state index in [4.69, 9.17) is 9.47 Å². The number of para-hydroxylation sites is 2. The second kappa shape index (κ2) is 9.04. The van der Waals surface area contributed by atoms with Gasteiger partial charge in [0.15, 0.2) is 5.83 Å². The van der Waals surface area contributed by atoms with Gasteiger partial charge in [-0.25, -0.2) is 9.18 Å². The molecule has 1 N–H and O–H groups in total. The minimum atomic E-state index is -0.714. The standard InChI is InChI=1S/C23H27FN4O4/c1-4-32-23(30)19-20(29)15(13-16(24)21(25-2)27-9-11-31-12-10-27)14-28-18-8-6-5-7-17(18)26(3)22(19)28/h5-8,13,25H,4,9-12,14H2,1-3H3/b15-13+,21-16-. The highest BCUT2D eigenvalue weighted by Crippen LogP contribution is 2.44. The molecule has 0 radical (unpaired) electrons. The number of carbonyl (C=O) groups excluding carboxylic acids is 2. The monoisotopic (exact) mass is 442 g/mol. The van der Waals surface area contributed by atoms with Crippen LogP contribution < -0.4 is 15.1 Å². The first-order valence-corrected chi connectivity index (χ1v) is 10.6. The zero-order valence-corrected chi connectivity index (χ0v) is 18.5. The van der Waals surface area contributed by atoms with Gasteiger partial charge in [0.05, 0.1) is 37.7 Å². The molecule has 0 saturated carbocycles. The number of nitrogens with one attached hydrogen (secondary N) is 1. The average Bonchev–Trinajstić information content (AvgIpc) is 3.07. The van der Waals surface area contributed by atoms with Gasteiger partial charge in [-0.2, -0.15) is 0 Å². The lowest BCUT2D eigenvalue weighted by Gasteiger charge is -2.32. The van der Waals surface area contributed by atoms with Gasteiger partial charge in [-0.1, -0.05) is 12.1 Å². The molecule has 3 aliphatic rings. The SMILES string of the molecule is CCOC(=O)C1=C2N(C)c3ccccc3N2C/C(=C\C(F)=C(/NC)N2CCOCC2)C1=O. The number of anilines is 2. The van der Waals surface area contributed by atoms with Crippen LogP contribution in [0.3, 0.4) is 0 Å². The Kier molecular flexibility index (Phi) is 6.18. The first kappa shape index (κ1) is 21.9. The lowest BCUT2D eigenvalue weighted by molar-refractivity contribution is -0.139. The number of Topliss-reactive ketones (excluding diaryl/α,β-unsaturated/α-hetero) is 1. The summed E-state index contributed by atoms with van der Waals surface area (Å²) in [5.41, 5.74) is 1.80. The number of benzene rings is 1. The Labute approximate surface area is 186 Å². The number of carbonyl (C=O) groups is 2. The van der Waals surface area contributed by atoms with Crippen LogP contribution >= 0.6 is 0 Å². The van der Waals surface area contributed by atoms with Crippen molar-refractivity contribution in [3.05, 3.63) is 59.0 Å². The third kappa shape index (κ3) is 3.73. The predicted octanol–water partition coefficient (Wildman–Crippen LogP) is 1.92. The van der Waals surface area contributed by atoms with Gasteiger partial charge in [0.1, 0.15) is 17.2 Å². The number of esters is 1. The third-order valence-electron chi connectivity index (χ3n) is 5.75. The first-order chi connectivity index (χ1) is 15.5. The molecule has 0 amide bonds. The fourth-order valence-corrected chi connectivity index (χ4v) is 4.29. The van der Waals surface area contributed by atoms with Crippen LogP contribution in [-0.4, -0.2) is 70.2 Å². The molecule has 3 heterocycles. The summed E-state index contributed by atoms with van der Waals surface area (Å²) in [6.45, 7) is 4.06. The molecule has 170 valence electrons. The van der Waals surface area contributed by atoms with E-state index in [-0.39, 0.29) is 24.3 Å². The Bertz CT molecular complexity index is 1030. The summed E-state index contributed by atoms with van der Waals surface area (Å²) < 4.78 is 25.9. The fourth-order valence-electron chi connectivity index (χ4n) is 4.29. The van der Waals surface area contributed by atoms with Crippen molar-refractivity contribution in [2.45, 2.75) is 6.92 Å². The van der Waals surface area contributed by atoms with Crippen LogP contribution in [0.4, 0.5) is 15.8 Å². The molecule has 9 heteroatoms. The molecule has 1 saturated heterocycles. The fraction of sp³-hybridized carbons (Fsp3) is 0.391. The lowest BCUT2D eigenvalue weighted by atomic mass is 9.97. The minimum Gasteiger partial charge on any atom is -0.462 e. The highest BCUT2D eigenvalue weighted by Gasteiger charge is 2.42. The van der Waals surface area contributed by atoms with Crippen molar-refractivity contribution in [3.8, 4) is 0 Å². The van der Waals surface area contributed by atoms with E-state index in [1.165, 1.54) is 6.08 Å². The Morgan fingerprint density at radius 2 is 1.94 bits per heavy atom. The molecule has 1 fully saturated rings. The van der Waals surface area contributed by atoms with Crippen molar-refractivity contribution < 1.29 is 23.5 Å². The number of nitrogens with zero attached hydrogens (tertiary/aromatic N) is 3. The maximum atomic E-state index is 15.3. The molecule has 32 heavy (non-hydrogen) atoms. The smallest absolute Gasteiger partial charge is 0.345 e. The molecular formula is C23H27FN4O4. The van der Waals surface area contributed by atoms with E-state index in [2.05, 4.69) is 5.32 Å². The lowest BCUT2D eigenvalue weighted by Crippen LogP contribution is -2.41. The molecule has 0 aliphatic carbocycles. The quantitative estimate of drug-likeness (QED) is 0.421. The minimum absolute atomic E-state index is 0.0896. The zero-order chi connectivity index (χ0) is 22.8. The Morgan fingerprint density at radius 1 is 1.25 bits per heavy atom. The van der Waals surface area contributed by atoms with E-state index >= 15 is 4.39 Å². The number of fused-ring (bicyclic) bond motifs is 3. The maximum Gasteiger partial charge on any atom is 0.345 e. The number of halogens is 1. The second-order valence-electron chi connectivity index (χ2n) is 7.60. The highest BCUT2D eigenvalue weighted by atomic mass is 19.1. The Hall–Kier alpha value is -3.33. The summed E-state index contributed by atoms with van der Waals surface area (Å²) in [7, 11) is 3.44. The van der Waals surface area contributed by atoms with E-state index in [1.54, 1.807) is 25.9 Å². The van der Waals surface area contributed by atoms with Gasteiger partial charge in [0.25, 0.3) is 0 Å². The van der Waals surface area contributed by atoms with Crippen molar-refractivity contribution in [1.82, 2.24) is 10.2 Å². The van der Waals surface area contributed by atoms with Crippen molar-refractivity contribution in [1.29, 1.82) is 0 Å². The number of ether oxygens (including phenoxy) is 2. The third-order valence-corrected chi connectivity index (χ3v) is 5.75. The molecule has 1 aromatic rings. The van der Waals surface area contributed by atoms with E-state index in [1.807, 2.05) is 34.1 Å². The molecule has 4 rings (SSSR count).